The van der Waals surface area contributed by atoms with Gasteiger partial charge in [0.1, 0.15) is 10.5 Å². The number of methoxy groups -OCH3 is 1. The van der Waals surface area contributed by atoms with Gasteiger partial charge in [0.15, 0.2) is 5.65 Å². The topological polar surface area (TPSA) is 110 Å². The number of carbonyl (C=O) groups is 2. The van der Waals surface area contributed by atoms with Crippen LogP contribution in [0.2, 0.25) is 0 Å². The first-order valence-electron chi connectivity index (χ1n) is 11.4. The van der Waals surface area contributed by atoms with E-state index in [0.717, 1.165) is 54.1 Å². The van der Waals surface area contributed by atoms with E-state index < -0.39 is 0 Å². The van der Waals surface area contributed by atoms with E-state index in [4.69, 9.17) is 4.74 Å². The van der Waals surface area contributed by atoms with Crippen LogP contribution in [0.1, 0.15) is 52.9 Å². The van der Waals surface area contributed by atoms with Crippen LogP contribution >= 0.6 is 23.1 Å². The van der Waals surface area contributed by atoms with Crippen LogP contribution in [0.25, 0.3) is 22.1 Å². The van der Waals surface area contributed by atoms with E-state index in [-0.39, 0.29) is 18.3 Å². The van der Waals surface area contributed by atoms with Crippen molar-refractivity contribution < 1.29 is 14.3 Å². The number of thiophene rings is 1. The molecule has 0 bridgehead atoms. The molecule has 176 valence electrons. The van der Waals surface area contributed by atoms with Gasteiger partial charge in [-0.05, 0) is 37.3 Å². The quantitative estimate of drug-likeness (QED) is 0.282. The zero-order valence-corrected chi connectivity index (χ0v) is 20.5. The number of hydrogen-bond donors (Lipinski definition) is 2. The standard InChI is InChI=1S/C24H25N5O3S2/c1-32-23(31)19-15-9-4-2-3-5-11-17(15)34-22(19)26-18(30)12-13-33-24-27-21-20(28-29-24)14-8-6-7-10-16(14)25-21/h6-8,10H,2-5,9,11-13H2,1H3,(H,26,30)(H,25,27,29). The summed E-state index contributed by atoms with van der Waals surface area (Å²) in [6.07, 6.45) is 6.57. The van der Waals surface area contributed by atoms with Crippen molar-refractivity contribution in [2.45, 2.75) is 50.1 Å². The molecule has 0 saturated carbocycles. The number of amides is 1. The van der Waals surface area contributed by atoms with E-state index in [2.05, 4.69) is 25.5 Å². The SMILES string of the molecule is COC(=O)c1c(NC(=O)CCSc2nnc3c(n2)[nH]c2ccccc23)sc2c1CCCCCC2. The van der Waals surface area contributed by atoms with Crippen molar-refractivity contribution in [3.63, 3.8) is 0 Å². The highest BCUT2D eigenvalue weighted by Crippen LogP contribution is 2.37. The Kier molecular flexibility index (Phi) is 6.77. The number of aryl methyl sites for hydroxylation is 1. The number of H-pyrrole nitrogens is 1. The number of esters is 1. The third-order valence-corrected chi connectivity index (χ3v) is 8.02. The molecule has 3 heterocycles. The third kappa shape index (κ3) is 4.65. The number of carbonyl (C=O) groups excluding carboxylic acids is 2. The number of benzene rings is 1. The van der Waals surface area contributed by atoms with Gasteiger partial charge in [-0.15, -0.1) is 21.5 Å². The summed E-state index contributed by atoms with van der Waals surface area (Å²) in [5.74, 6) is -0.0295. The van der Waals surface area contributed by atoms with Crippen LogP contribution in [0.4, 0.5) is 5.00 Å². The summed E-state index contributed by atoms with van der Waals surface area (Å²) >= 11 is 2.89. The van der Waals surface area contributed by atoms with Gasteiger partial charge >= 0.3 is 5.97 Å². The molecule has 1 aliphatic carbocycles. The Hall–Kier alpha value is -2.98. The van der Waals surface area contributed by atoms with Gasteiger partial charge in [-0.1, -0.05) is 42.8 Å². The Morgan fingerprint density at radius 3 is 2.82 bits per heavy atom. The minimum absolute atomic E-state index is 0.147. The maximum absolute atomic E-state index is 12.7. The maximum Gasteiger partial charge on any atom is 0.341 e. The van der Waals surface area contributed by atoms with Crippen LogP contribution in [-0.2, 0) is 22.4 Å². The number of rotatable bonds is 6. The van der Waals surface area contributed by atoms with Crippen molar-refractivity contribution >= 4 is 62.0 Å². The van der Waals surface area contributed by atoms with E-state index in [1.54, 1.807) is 0 Å². The Labute approximate surface area is 204 Å². The fourth-order valence-electron chi connectivity index (χ4n) is 4.32. The Morgan fingerprint density at radius 2 is 1.97 bits per heavy atom. The summed E-state index contributed by atoms with van der Waals surface area (Å²) in [6, 6.07) is 7.87. The zero-order chi connectivity index (χ0) is 23.5. The number of anilines is 1. The minimum Gasteiger partial charge on any atom is -0.465 e. The van der Waals surface area contributed by atoms with Gasteiger partial charge in [-0.3, -0.25) is 4.79 Å². The van der Waals surface area contributed by atoms with Crippen LogP contribution < -0.4 is 5.32 Å². The van der Waals surface area contributed by atoms with Crippen molar-refractivity contribution in [1.82, 2.24) is 20.2 Å². The average Bonchev–Trinajstić information content (AvgIpc) is 3.35. The van der Waals surface area contributed by atoms with Gasteiger partial charge in [0, 0.05) is 28.0 Å². The molecule has 0 unspecified atom stereocenters. The minimum atomic E-state index is -0.381. The van der Waals surface area contributed by atoms with Gasteiger partial charge in [0.05, 0.1) is 12.7 Å². The van der Waals surface area contributed by atoms with Gasteiger partial charge in [-0.25, -0.2) is 9.78 Å². The highest BCUT2D eigenvalue weighted by Gasteiger charge is 2.25. The lowest BCUT2D eigenvalue weighted by molar-refractivity contribution is -0.115. The van der Waals surface area contributed by atoms with Crippen molar-refractivity contribution in [1.29, 1.82) is 0 Å². The molecule has 34 heavy (non-hydrogen) atoms. The van der Waals surface area contributed by atoms with Crippen molar-refractivity contribution in [2.75, 3.05) is 18.2 Å². The van der Waals surface area contributed by atoms with Gasteiger partial charge in [-0.2, -0.15) is 0 Å². The summed E-state index contributed by atoms with van der Waals surface area (Å²) in [4.78, 5) is 34.2. The molecular formula is C24H25N5O3S2. The molecule has 0 fully saturated rings. The predicted molar refractivity (Wildman–Crippen MR) is 135 cm³/mol. The molecule has 1 aliphatic rings. The summed E-state index contributed by atoms with van der Waals surface area (Å²) in [5, 5.41) is 13.6. The van der Waals surface area contributed by atoms with Crippen molar-refractivity contribution in [3.05, 3.63) is 40.3 Å². The molecule has 0 aliphatic heterocycles. The normalized spacial score (nSPS) is 13.9. The monoisotopic (exact) mass is 495 g/mol. The molecule has 4 aromatic rings. The van der Waals surface area contributed by atoms with Crippen LogP contribution in [-0.4, -0.2) is 44.9 Å². The Morgan fingerprint density at radius 1 is 1.15 bits per heavy atom. The number of fused-ring (bicyclic) bond motifs is 4. The number of hydrogen-bond acceptors (Lipinski definition) is 8. The number of thioether (sulfide) groups is 1. The highest BCUT2D eigenvalue weighted by atomic mass is 32.2. The molecule has 1 amide bonds. The smallest absolute Gasteiger partial charge is 0.341 e. The van der Waals surface area contributed by atoms with Crippen LogP contribution in [0.15, 0.2) is 29.4 Å². The fourth-order valence-corrected chi connectivity index (χ4v) is 6.33. The molecule has 1 aromatic carbocycles. The second-order valence-electron chi connectivity index (χ2n) is 8.22. The van der Waals surface area contributed by atoms with Crippen LogP contribution in [0.3, 0.4) is 0 Å². The summed E-state index contributed by atoms with van der Waals surface area (Å²) in [7, 11) is 1.38. The molecule has 0 radical (unpaired) electrons. The Balaban J connectivity index is 1.25. The molecule has 8 nitrogen and oxygen atoms in total. The first-order valence-corrected chi connectivity index (χ1v) is 13.2. The van der Waals surface area contributed by atoms with Crippen molar-refractivity contribution in [3.8, 4) is 0 Å². The van der Waals surface area contributed by atoms with E-state index in [9.17, 15) is 9.59 Å². The number of aromatic nitrogens is 4. The summed E-state index contributed by atoms with van der Waals surface area (Å²) < 4.78 is 5.04. The van der Waals surface area contributed by atoms with E-state index in [1.807, 2.05) is 24.3 Å². The number of para-hydroxylation sites is 1. The molecule has 0 atom stereocenters. The first kappa shape index (κ1) is 22.8. The van der Waals surface area contributed by atoms with Crippen LogP contribution in [0, 0.1) is 0 Å². The molecule has 2 N–H and O–H groups in total. The Bertz CT molecular complexity index is 1360. The first-order chi connectivity index (χ1) is 16.6. The van der Waals surface area contributed by atoms with E-state index in [1.165, 1.54) is 41.5 Å². The molecule has 0 saturated heterocycles. The second kappa shape index (κ2) is 10.1. The number of aromatic amines is 1. The molecule has 3 aromatic heterocycles. The molecule has 10 heteroatoms. The number of ether oxygens (including phenoxy) is 1. The molecule has 0 spiro atoms. The average molecular weight is 496 g/mol. The fraction of sp³-hybridized carbons (Fsp3) is 0.375. The highest BCUT2D eigenvalue weighted by molar-refractivity contribution is 7.99. The largest absolute Gasteiger partial charge is 0.465 e. The molecular weight excluding hydrogens is 470 g/mol. The zero-order valence-electron chi connectivity index (χ0n) is 18.8. The lowest BCUT2D eigenvalue weighted by Gasteiger charge is -2.11. The van der Waals surface area contributed by atoms with Gasteiger partial charge in [0.25, 0.3) is 0 Å². The van der Waals surface area contributed by atoms with Crippen molar-refractivity contribution in [2.24, 2.45) is 0 Å². The van der Waals surface area contributed by atoms with E-state index >= 15 is 0 Å². The number of nitrogens with one attached hydrogen (secondary N) is 2. The lowest BCUT2D eigenvalue weighted by Crippen LogP contribution is -2.15. The predicted octanol–water partition coefficient (Wildman–Crippen LogP) is 5.13. The summed E-state index contributed by atoms with van der Waals surface area (Å²) in [5.41, 5.74) is 3.96. The molecule has 5 rings (SSSR count). The maximum atomic E-state index is 12.7. The lowest BCUT2D eigenvalue weighted by atomic mass is 9.96. The second-order valence-corrected chi connectivity index (χ2v) is 10.4. The number of nitrogens with zero attached hydrogens (tertiary/aromatic N) is 3. The van der Waals surface area contributed by atoms with Gasteiger partial charge < -0.3 is 15.0 Å². The van der Waals surface area contributed by atoms with Gasteiger partial charge in [0.2, 0.25) is 11.1 Å². The third-order valence-electron chi connectivity index (χ3n) is 5.98. The van der Waals surface area contributed by atoms with Crippen LogP contribution in [0.5, 0.6) is 0 Å². The van der Waals surface area contributed by atoms with E-state index in [0.29, 0.717) is 27.1 Å². The summed E-state index contributed by atoms with van der Waals surface area (Å²) in [6.45, 7) is 0.